The molecule has 2 heterocycles. The molecule has 0 spiro atoms. The van der Waals surface area contributed by atoms with Crippen LogP contribution in [-0.4, -0.2) is 27.4 Å². The minimum Gasteiger partial charge on any atom is -0.352 e. The number of imidazole rings is 1. The first-order chi connectivity index (χ1) is 14.1. The molecule has 0 saturated carbocycles. The molecule has 4 N–H and O–H groups in total. The van der Waals surface area contributed by atoms with E-state index in [-0.39, 0.29) is 5.91 Å². The smallest absolute Gasteiger partial charge is 0.312 e. The number of urea groups is 1. The molecule has 29 heavy (non-hydrogen) atoms. The lowest BCUT2D eigenvalue weighted by Gasteiger charge is -2.17. The number of primary amides is 1. The Kier molecular flexibility index (Phi) is 5.26. The van der Waals surface area contributed by atoms with Gasteiger partial charge in [-0.1, -0.05) is 42.5 Å². The van der Waals surface area contributed by atoms with Gasteiger partial charge in [0.15, 0.2) is 4.96 Å². The van der Waals surface area contributed by atoms with Crippen LogP contribution in [0.15, 0.2) is 72.4 Å². The second-order valence-electron chi connectivity index (χ2n) is 6.54. The third-order valence-corrected chi connectivity index (χ3v) is 5.23. The molecule has 146 valence electrons. The van der Waals surface area contributed by atoms with E-state index >= 15 is 0 Å². The van der Waals surface area contributed by atoms with Crippen LogP contribution in [0, 0.1) is 0 Å². The number of hydrogen-bond donors (Lipinski definition) is 3. The number of rotatable bonds is 6. The lowest BCUT2D eigenvalue weighted by molar-refractivity contribution is -0.117. The Bertz CT molecular complexity index is 1110. The molecule has 3 amide bonds. The summed E-state index contributed by atoms with van der Waals surface area (Å²) < 4.78 is 1.97. The van der Waals surface area contributed by atoms with Crippen LogP contribution in [0.5, 0.6) is 0 Å². The third kappa shape index (κ3) is 4.44. The first kappa shape index (κ1) is 18.7. The highest BCUT2D eigenvalue weighted by Gasteiger charge is 2.20. The molecule has 0 bridgehead atoms. The van der Waals surface area contributed by atoms with Gasteiger partial charge in [-0.05, 0) is 17.7 Å². The molecule has 0 radical (unpaired) electrons. The van der Waals surface area contributed by atoms with E-state index < -0.39 is 12.1 Å². The van der Waals surface area contributed by atoms with E-state index in [4.69, 9.17) is 5.73 Å². The number of nitrogens with two attached hydrogens (primary N) is 1. The van der Waals surface area contributed by atoms with E-state index in [1.54, 1.807) is 11.3 Å². The normalized spacial score (nSPS) is 11.9. The van der Waals surface area contributed by atoms with Crippen molar-refractivity contribution in [1.29, 1.82) is 0 Å². The van der Waals surface area contributed by atoms with Crippen molar-refractivity contribution in [2.24, 2.45) is 5.73 Å². The predicted molar refractivity (Wildman–Crippen MR) is 114 cm³/mol. The summed E-state index contributed by atoms with van der Waals surface area (Å²) in [6, 6.07) is 15.4. The second-order valence-corrected chi connectivity index (χ2v) is 7.41. The van der Waals surface area contributed by atoms with Crippen molar-refractivity contribution >= 4 is 33.9 Å². The Hall–Kier alpha value is -3.65. The van der Waals surface area contributed by atoms with Crippen LogP contribution < -0.4 is 16.4 Å². The van der Waals surface area contributed by atoms with E-state index in [2.05, 4.69) is 15.6 Å². The van der Waals surface area contributed by atoms with E-state index in [9.17, 15) is 9.59 Å². The van der Waals surface area contributed by atoms with Gasteiger partial charge in [0.1, 0.15) is 6.04 Å². The maximum Gasteiger partial charge on any atom is 0.312 e. The molecular weight excluding hydrogens is 386 g/mol. The highest BCUT2D eigenvalue weighted by Crippen LogP contribution is 2.23. The summed E-state index contributed by atoms with van der Waals surface area (Å²) in [6.07, 6.45) is 4.27. The lowest BCUT2D eigenvalue weighted by Crippen LogP contribution is -2.47. The Morgan fingerprint density at radius 2 is 1.86 bits per heavy atom. The average Bonchev–Trinajstić information content (AvgIpc) is 3.31. The molecule has 0 aliphatic heterocycles. The van der Waals surface area contributed by atoms with Crippen LogP contribution in [0.4, 0.5) is 10.5 Å². The number of anilines is 1. The van der Waals surface area contributed by atoms with Crippen molar-refractivity contribution in [2.75, 3.05) is 5.32 Å². The summed E-state index contributed by atoms with van der Waals surface area (Å²) in [5.41, 5.74) is 8.62. The van der Waals surface area contributed by atoms with Crippen molar-refractivity contribution in [3.8, 4) is 11.3 Å². The molecule has 0 aliphatic rings. The quantitative estimate of drug-likeness (QED) is 0.459. The standard InChI is InChI=1S/C21H19N5O2S/c22-20(28)24-17(12-14-4-2-1-3-5-14)19(27)23-16-8-6-15(7-9-16)18-13-26-10-11-29-21(26)25-18/h1-11,13,17H,12H2,(H,23,27)(H3,22,24,28)/t17-/m1/s1. The second kappa shape index (κ2) is 8.15. The molecule has 0 aliphatic carbocycles. The van der Waals surface area contributed by atoms with Crippen molar-refractivity contribution < 1.29 is 9.59 Å². The maximum atomic E-state index is 12.7. The fourth-order valence-electron chi connectivity index (χ4n) is 3.05. The topological polar surface area (TPSA) is 102 Å². The molecule has 7 nitrogen and oxygen atoms in total. The summed E-state index contributed by atoms with van der Waals surface area (Å²) in [5, 5.41) is 7.33. The number of nitrogens with one attached hydrogen (secondary N) is 2. The Balaban J connectivity index is 1.46. The molecule has 4 rings (SSSR count). The maximum absolute atomic E-state index is 12.7. The first-order valence-corrected chi connectivity index (χ1v) is 9.90. The van der Waals surface area contributed by atoms with Gasteiger partial charge in [0.05, 0.1) is 5.69 Å². The number of hydrogen-bond acceptors (Lipinski definition) is 4. The highest BCUT2D eigenvalue weighted by atomic mass is 32.1. The van der Waals surface area contributed by atoms with Crippen LogP contribution in [0.25, 0.3) is 16.2 Å². The van der Waals surface area contributed by atoms with Crippen LogP contribution in [-0.2, 0) is 11.2 Å². The number of fused-ring (bicyclic) bond motifs is 1. The summed E-state index contributed by atoms with van der Waals surface area (Å²) in [7, 11) is 0. The Morgan fingerprint density at radius 3 is 2.55 bits per heavy atom. The number of benzene rings is 2. The van der Waals surface area contributed by atoms with E-state index in [1.165, 1.54) is 0 Å². The van der Waals surface area contributed by atoms with Gasteiger partial charge in [-0.15, -0.1) is 11.3 Å². The fraction of sp³-hybridized carbons (Fsp3) is 0.0952. The summed E-state index contributed by atoms with van der Waals surface area (Å²) in [4.78, 5) is 29.5. The molecule has 0 saturated heterocycles. The number of carbonyl (C=O) groups is 2. The lowest BCUT2D eigenvalue weighted by atomic mass is 10.1. The molecule has 2 aromatic carbocycles. The van der Waals surface area contributed by atoms with Crippen molar-refractivity contribution in [3.05, 3.63) is 77.9 Å². The minimum atomic E-state index is -0.769. The Morgan fingerprint density at radius 1 is 1.10 bits per heavy atom. The average molecular weight is 405 g/mol. The largest absolute Gasteiger partial charge is 0.352 e. The van der Waals surface area contributed by atoms with Gasteiger partial charge >= 0.3 is 6.03 Å². The molecule has 0 unspecified atom stereocenters. The first-order valence-electron chi connectivity index (χ1n) is 9.02. The Labute approximate surface area is 171 Å². The van der Waals surface area contributed by atoms with Crippen LogP contribution >= 0.6 is 11.3 Å². The number of carbonyl (C=O) groups excluding carboxylic acids is 2. The SMILES string of the molecule is NC(=O)N[C@H](Cc1ccccc1)C(=O)Nc1ccc(-c2cn3ccsc3n2)cc1. The summed E-state index contributed by atoms with van der Waals surface area (Å²) in [5.74, 6) is -0.331. The van der Waals surface area contributed by atoms with E-state index in [1.807, 2.05) is 76.8 Å². The summed E-state index contributed by atoms with van der Waals surface area (Å²) in [6.45, 7) is 0. The van der Waals surface area contributed by atoms with E-state index in [0.717, 1.165) is 21.8 Å². The highest BCUT2D eigenvalue weighted by molar-refractivity contribution is 7.15. The molecule has 1 atom stereocenters. The minimum absolute atomic E-state index is 0.331. The molecule has 0 fully saturated rings. The van der Waals surface area contributed by atoms with Gasteiger partial charge in [0.25, 0.3) is 0 Å². The van der Waals surface area contributed by atoms with Gasteiger partial charge in [-0.2, -0.15) is 0 Å². The zero-order chi connectivity index (χ0) is 20.2. The molecular formula is C21H19N5O2S. The van der Waals surface area contributed by atoms with Crippen LogP contribution in [0.3, 0.4) is 0 Å². The number of amides is 3. The van der Waals surface area contributed by atoms with Gasteiger partial charge in [0.2, 0.25) is 5.91 Å². The number of nitrogens with zero attached hydrogens (tertiary/aromatic N) is 2. The summed E-state index contributed by atoms with van der Waals surface area (Å²) >= 11 is 1.57. The monoisotopic (exact) mass is 405 g/mol. The van der Waals surface area contributed by atoms with Gasteiger partial charge in [-0.25, -0.2) is 9.78 Å². The molecule has 4 aromatic rings. The zero-order valence-corrected chi connectivity index (χ0v) is 16.2. The zero-order valence-electron chi connectivity index (χ0n) is 15.4. The van der Waals surface area contributed by atoms with Crippen molar-refractivity contribution in [1.82, 2.24) is 14.7 Å². The fourth-order valence-corrected chi connectivity index (χ4v) is 3.75. The van der Waals surface area contributed by atoms with E-state index in [0.29, 0.717) is 12.1 Å². The number of aromatic nitrogens is 2. The predicted octanol–water partition coefficient (Wildman–Crippen LogP) is 3.28. The van der Waals surface area contributed by atoms with Gasteiger partial charge < -0.3 is 16.4 Å². The van der Waals surface area contributed by atoms with Crippen molar-refractivity contribution in [3.63, 3.8) is 0 Å². The third-order valence-electron chi connectivity index (χ3n) is 4.46. The van der Waals surface area contributed by atoms with Crippen LogP contribution in [0.1, 0.15) is 5.56 Å². The van der Waals surface area contributed by atoms with Gasteiger partial charge in [-0.3, -0.25) is 9.20 Å². The molecule has 8 heteroatoms. The van der Waals surface area contributed by atoms with Crippen LogP contribution in [0.2, 0.25) is 0 Å². The number of thiazole rings is 1. The van der Waals surface area contributed by atoms with Gasteiger partial charge in [0, 0.05) is 35.4 Å². The molecule has 2 aromatic heterocycles. The van der Waals surface area contributed by atoms with Crippen molar-refractivity contribution in [2.45, 2.75) is 12.5 Å².